The molecule has 130 valence electrons. The molecular weight excluding hydrogens is 355 g/mol. The van der Waals surface area contributed by atoms with Crippen molar-refractivity contribution in [3.63, 3.8) is 0 Å². The number of imidazole rings is 1. The van der Waals surface area contributed by atoms with Gasteiger partial charge in [-0.1, -0.05) is 6.07 Å². The number of thioether (sulfide) groups is 1. The molecule has 23 heavy (non-hydrogen) atoms. The molecule has 2 aromatic rings. The number of carbonyl (C=O) groups excluding carboxylic acids is 1. The van der Waals surface area contributed by atoms with Crippen molar-refractivity contribution in [2.75, 3.05) is 12.3 Å². The molecule has 0 aliphatic heterocycles. The highest BCUT2D eigenvalue weighted by Gasteiger charge is 2.17. The molecule has 0 saturated heterocycles. The van der Waals surface area contributed by atoms with Gasteiger partial charge in [0.1, 0.15) is 5.65 Å². The molecule has 8 heteroatoms. The molecule has 3 N–H and O–H groups in total. The molecule has 0 unspecified atom stereocenters. The summed E-state index contributed by atoms with van der Waals surface area (Å²) in [4.78, 5) is 16.3. The maximum absolute atomic E-state index is 11.8. The predicted molar refractivity (Wildman–Crippen MR) is 102 cm³/mol. The van der Waals surface area contributed by atoms with Gasteiger partial charge in [0.15, 0.2) is 0 Å². The van der Waals surface area contributed by atoms with Gasteiger partial charge in [-0.05, 0) is 32.4 Å². The number of nitrogens with one attached hydrogen (secondary N) is 1. The molecule has 0 fully saturated rings. The second kappa shape index (κ2) is 9.37. The summed E-state index contributed by atoms with van der Waals surface area (Å²) in [6, 6.07) is 4.04. The molecular formula is C15H24Cl2N4OS. The number of hydrogen-bond donors (Lipinski definition) is 2. The van der Waals surface area contributed by atoms with Crippen molar-refractivity contribution in [1.29, 1.82) is 0 Å². The number of nitrogens with two attached hydrogens (primary N) is 1. The summed E-state index contributed by atoms with van der Waals surface area (Å²) in [5.41, 5.74) is 8.36. The molecule has 0 radical (unpaired) electrons. The van der Waals surface area contributed by atoms with Gasteiger partial charge in [-0.15, -0.1) is 36.6 Å². The van der Waals surface area contributed by atoms with Crippen LogP contribution in [0.4, 0.5) is 0 Å². The van der Waals surface area contributed by atoms with Crippen LogP contribution in [0.5, 0.6) is 0 Å². The molecule has 2 rings (SSSR count). The van der Waals surface area contributed by atoms with Crippen molar-refractivity contribution in [1.82, 2.24) is 14.7 Å². The van der Waals surface area contributed by atoms with Gasteiger partial charge in [0.25, 0.3) is 0 Å². The molecule has 0 saturated carbocycles. The first kappa shape index (κ1) is 22.1. The lowest BCUT2D eigenvalue weighted by Crippen LogP contribution is -2.49. The van der Waals surface area contributed by atoms with Crippen LogP contribution in [0, 0.1) is 6.92 Å². The van der Waals surface area contributed by atoms with E-state index >= 15 is 0 Å². The van der Waals surface area contributed by atoms with Crippen LogP contribution >= 0.6 is 36.6 Å². The van der Waals surface area contributed by atoms with E-state index in [2.05, 4.69) is 17.2 Å². The van der Waals surface area contributed by atoms with Crippen LogP contribution < -0.4 is 11.1 Å². The number of carbonyl (C=O) groups is 1. The van der Waals surface area contributed by atoms with E-state index < -0.39 is 0 Å². The van der Waals surface area contributed by atoms with Gasteiger partial charge in [-0.3, -0.25) is 4.79 Å². The van der Waals surface area contributed by atoms with Crippen LogP contribution in [0.2, 0.25) is 0 Å². The third-order valence-electron chi connectivity index (χ3n) is 3.12. The predicted octanol–water partition coefficient (Wildman–Crippen LogP) is 2.57. The van der Waals surface area contributed by atoms with Crippen LogP contribution in [-0.4, -0.2) is 33.1 Å². The molecule has 0 spiro atoms. The number of fused-ring (bicyclic) bond motifs is 1. The molecule has 1 amide bonds. The van der Waals surface area contributed by atoms with Gasteiger partial charge < -0.3 is 15.5 Å². The van der Waals surface area contributed by atoms with Crippen LogP contribution in [0.15, 0.2) is 24.5 Å². The van der Waals surface area contributed by atoms with E-state index in [-0.39, 0.29) is 36.3 Å². The number of pyridine rings is 1. The van der Waals surface area contributed by atoms with Crippen LogP contribution in [-0.2, 0) is 10.5 Å². The third kappa shape index (κ3) is 6.59. The number of hydrogen-bond acceptors (Lipinski definition) is 4. The maximum Gasteiger partial charge on any atom is 0.230 e. The van der Waals surface area contributed by atoms with E-state index in [4.69, 9.17) is 5.73 Å². The van der Waals surface area contributed by atoms with E-state index in [1.807, 2.05) is 42.8 Å². The van der Waals surface area contributed by atoms with E-state index in [9.17, 15) is 4.79 Å². The zero-order valence-corrected chi connectivity index (χ0v) is 16.0. The van der Waals surface area contributed by atoms with Crippen molar-refractivity contribution in [2.24, 2.45) is 5.73 Å². The Morgan fingerprint density at radius 2 is 2.04 bits per heavy atom. The second-order valence-electron chi connectivity index (χ2n) is 5.83. The molecule has 2 heterocycles. The number of halogens is 2. The Morgan fingerprint density at radius 1 is 1.35 bits per heavy atom. The maximum atomic E-state index is 11.8. The van der Waals surface area contributed by atoms with E-state index in [1.165, 1.54) is 5.56 Å². The van der Waals surface area contributed by atoms with Crippen molar-refractivity contribution in [3.05, 3.63) is 35.8 Å². The Balaban J connectivity index is 0.00000242. The second-order valence-corrected chi connectivity index (χ2v) is 6.82. The highest BCUT2D eigenvalue weighted by molar-refractivity contribution is 7.99. The Hall–Kier alpha value is -0.950. The third-order valence-corrected chi connectivity index (χ3v) is 4.09. The molecule has 0 aliphatic rings. The number of aryl methyl sites for hydroxylation is 1. The molecule has 5 nitrogen and oxygen atoms in total. The number of rotatable bonds is 6. The van der Waals surface area contributed by atoms with Crippen LogP contribution in [0.25, 0.3) is 5.65 Å². The van der Waals surface area contributed by atoms with E-state index in [0.29, 0.717) is 12.3 Å². The van der Waals surface area contributed by atoms with Crippen molar-refractivity contribution in [2.45, 2.75) is 32.1 Å². The minimum Gasteiger partial charge on any atom is -0.349 e. The zero-order valence-electron chi connectivity index (χ0n) is 13.5. The smallest absolute Gasteiger partial charge is 0.230 e. The van der Waals surface area contributed by atoms with Gasteiger partial charge in [0.05, 0.1) is 11.4 Å². The van der Waals surface area contributed by atoms with Crippen molar-refractivity contribution >= 4 is 48.1 Å². The van der Waals surface area contributed by atoms with Gasteiger partial charge in [-0.2, -0.15) is 0 Å². The summed E-state index contributed by atoms with van der Waals surface area (Å²) in [7, 11) is 0. The Bertz CT molecular complexity index is 645. The Morgan fingerprint density at radius 3 is 2.70 bits per heavy atom. The minimum atomic E-state index is -0.349. The highest BCUT2D eigenvalue weighted by atomic mass is 35.5. The fourth-order valence-corrected chi connectivity index (χ4v) is 2.65. The molecule has 0 aliphatic carbocycles. The lowest BCUT2D eigenvalue weighted by molar-refractivity contribution is -0.120. The first-order chi connectivity index (χ1) is 9.89. The highest BCUT2D eigenvalue weighted by Crippen LogP contribution is 2.14. The van der Waals surface area contributed by atoms with Gasteiger partial charge >= 0.3 is 0 Å². The minimum absolute atomic E-state index is 0. The Kier molecular flexibility index (Phi) is 8.98. The van der Waals surface area contributed by atoms with E-state index in [1.54, 1.807) is 11.8 Å². The van der Waals surface area contributed by atoms with E-state index in [0.717, 1.165) is 17.1 Å². The van der Waals surface area contributed by atoms with Crippen LogP contribution in [0.3, 0.4) is 0 Å². The summed E-state index contributed by atoms with van der Waals surface area (Å²) in [5, 5.41) is 2.92. The quantitative estimate of drug-likeness (QED) is 0.809. The van der Waals surface area contributed by atoms with Crippen molar-refractivity contribution < 1.29 is 4.79 Å². The van der Waals surface area contributed by atoms with Gasteiger partial charge in [-0.25, -0.2) is 4.98 Å². The summed E-state index contributed by atoms with van der Waals surface area (Å²) in [6.07, 6.45) is 4.06. The normalized spacial score (nSPS) is 10.8. The average molecular weight is 379 g/mol. The zero-order chi connectivity index (χ0) is 15.5. The monoisotopic (exact) mass is 378 g/mol. The first-order valence-electron chi connectivity index (χ1n) is 6.93. The first-order valence-corrected chi connectivity index (χ1v) is 8.08. The van der Waals surface area contributed by atoms with Crippen LogP contribution in [0.1, 0.15) is 25.1 Å². The lowest BCUT2D eigenvalue weighted by Gasteiger charge is -2.23. The average Bonchev–Trinajstić information content (AvgIpc) is 2.80. The molecule has 0 bridgehead atoms. The van der Waals surface area contributed by atoms with Gasteiger partial charge in [0, 0.05) is 30.2 Å². The molecule has 0 atom stereocenters. The molecule has 0 aromatic carbocycles. The summed E-state index contributed by atoms with van der Waals surface area (Å²) in [5.74, 6) is 1.14. The Labute approximate surface area is 153 Å². The topological polar surface area (TPSA) is 72.4 Å². The number of amides is 1. The fraction of sp³-hybridized carbons (Fsp3) is 0.467. The molecule has 2 aromatic heterocycles. The standard InChI is InChI=1S/C15H22N4OS.2ClH/c1-11-4-5-13-17-12(7-19(13)6-11)8-21-9-14(20)18-15(2,3)10-16;;/h4-7H,8-10,16H2,1-3H3,(H,18,20);2*1H. The summed E-state index contributed by atoms with van der Waals surface area (Å²) in [6.45, 7) is 6.31. The summed E-state index contributed by atoms with van der Waals surface area (Å²) < 4.78 is 2.02. The van der Waals surface area contributed by atoms with Crippen molar-refractivity contribution in [3.8, 4) is 0 Å². The lowest BCUT2D eigenvalue weighted by atomic mass is 10.1. The largest absolute Gasteiger partial charge is 0.349 e. The number of nitrogens with zero attached hydrogens (tertiary/aromatic N) is 2. The fourth-order valence-electron chi connectivity index (χ4n) is 1.94. The summed E-state index contributed by atoms with van der Waals surface area (Å²) >= 11 is 1.56. The SMILES string of the molecule is Cc1ccc2nc(CSCC(=O)NC(C)(C)CN)cn2c1.Cl.Cl. The number of aromatic nitrogens is 2. The van der Waals surface area contributed by atoms with Gasteiger partial charge in [0.2, 0.25) is 5.91 Å².